The van der Waals surface area contributed by atoms with E-state index in [0.717, 1.165) is 19.4 Å². The summed E-state index contributed by atoms with van der Waals surface area (Å²) in [6.07, 6.45) is 2.26. The Morgan fingerprint density at radius 3 is 2.61 bits per heavy atom. The molecular formula is C15H18BrNO. The van der Waals surface area contributed by atoms with Crippen molar-refractivity contribution in [1.82, 2.24) is 4.90 Å². The number of alkyl halides is 1. The number of hydrogen-bond acceptors (Lipinski definition) is 1. The minimum absolute atomic E-state index is 0.0808. The molecule has 1 aromatic rings. The third kappa shape index (κ3) is 1.26. The zero-order valence-electron chi connectivity index (χ0n) is 10.8. The first kappa shape index (κ1) is 12.2. The van der Waals surface area contributed by atoms with Gasteiger partial charge in [0.15, 0.2) is 0 Å². The molecule has 0 bridgehead atoms. The molecule has 0 aromatic heterocycles. The van der Waals surface area contributed by atoms with Crippen molar-refractivity contribution in [2.45, 2.75) is 37.1 Å². The first-order valence-electron chi connectivity index (χ1n) is 6.53. The van der Waals surface area contributed by atoms with Crippen molar-refractivity contribution in [2.75, 3.05) is 6.54 Å². The average molecular weight is 308 g/mol. The Balaban J connectivity index is 2.17. The van der Waals surface area contributed by atoms with E-state index in [-0.39, 0.29) is 21.7 Å². The van der Waals surface area contributed by atoms with Crippen LogP contribution in [0.1, 0.15) is 32.3 Å². The van der Waals surface area contributed by atoms with Gasteiger partial charge in [-0.3, -0.25) is 4.79 Å². The van der Waals surface area contributed by atoms with E-state index in [9.17, 15) is 4.79 Å². The first-order valence-corrected chi connectivity index (χ1v) is 7.44. The molecule has 18 heavy (non-hydrogen) atoms. The van der Waals surface area contributed by atoms with Gasteiger partial charge in [0.25, 0.3) is 0 Å². The van der Waals surface area contributed by atoms with Gasteiger partial charge in [0.05, 0.1) is 5.54 Å². The smallest absolute Gasteiger partial charge is 0.239 e. The van der Waals surface area contributed by atoms with Gasteiger partial charge in [-0.1, -0.05) is 60.1 Å². The maximum absolute atomic E-state index is 12.1. The molecule has 0 N–H and O–H groups in total. The predicted molar refractivity (Wildman–Crippen MR) is 75.6 cm³/mol. The van der Waals surface area contributed by atoms with Gasteiger partial charge >= 0.3 is 0 Å². The molecule has 2 nitrogen and oxygen atoms in total. The molecule has 2 heterocycles. The van der Waals surface area contributed by atoms with Crippen LogP contribution in [0.15, 0.2) is 30.3 Å². The Hall–Kier alpha value is -0.830. The zero-order chi connectivity index (χ0) is 13.0. The molecule has 2 aliphatic heterocycles. The summed E-state index contributed by atoms with van der Waals surface area (Å²) >= 11 is 3.65. The number of rotatable bonds is 1. The molecule has 3 rings (SSSR count). The van der Waals surface area contributed by atoms with Crippen LogP contribution in [0.4, 0.5) is 0 Å². The summed E-state index contributed by atoms with van der Waals surface area (Å²) in [6, 6.07) is 10.5. The van der Waals surface area contributed by atoms with E-state index in [1.54, 1.807) is 0 Å². The van der Waals surface area contributed by atoms with Crippen LogP contribution in [0.5, 0.6) is 0 Å². The molecule has 96 valence electrons. The fraction of sp³-hybridized carbons (Fsp3) is 0.533. The van der Waals surface area contributed by atoms with Crippen molar-refractivity contribution in [3.63, 3.8) is 0 Å². The number of hydrogen-bond donors (Lipinski definition) is 0. The average Bonchev–Trinajstić information content (AvgIpc) is 2.37. The summed E-state index contributed by atoms with van der Waals surface area (Å²) in [4.78, 5) is 14.1. The molecule has 0 saturated carbocycles. The normalized spacial score (nSPS) is 33.8. The van der Waals surface area contributed by atoms with Crippen molar-refractivity contribution >= 4 is 21.8 Å². The Morgan fingerprint density at radius 1 is 1.28 bits per heavy atom. The lowest BCUT2D eigenvalue weighted by molar-refractivity contribution is -0.178. The third-order valence-electron chi connectivity index (χ3n) is 4.70. The van der Waals surface area contributed by atoms with Crippen molar-refractivity contribution in [2.24, 2.45) is 5.41 Å². The lowest BCUT2D eigenvalue weighted by atomic mass is 9.57. The first-order chi connectivity index (χ1) is 8.52. The van der Waals surface area contributed by atoms with Crippen LogP contribution >= 0.6 is 15.9 Å². The molecule has 0 aliphatic carbocycles. The largest absolute Gasteiger partial charge is 0.330 e. The van der Waals surface area contributed by atoms with Gasteiger partial charge < -0.3 is 4.90 Å². The van der Waals surface area contributed by atoms with Crippen LogP contribution < -0.4 is 0 Å². The Morgan fingerprint density at radius 2 is 1.94 bits per heavy atom. The van der Waals surface area contributed by atoms with Gasteiger partial charge in [0.2, 0.25) is 5.91 Å². The number of fused-ring (bicyclic) bond motifs is 1. The SMILES string of the molecule is CC1(C)CCCN2C(=O)C(Br)C21c1ccccc1. The summed E-state index contributed by atoms with van der Waals surface area (Å²) in [5, 5.41) is 0. The summed E-state index contributed by atoms with van der Waals surface area (Å²) < 4.78 is 0. The van der Waals surface area contributed by atoms with Gasteiger partial charge in [0.1, 0.15) is 4.83 Å². The van der Waals surface area contributed by atoms with E-state index in [1.807, 2.05) is 6.07 Å². The molecule has 1 amide bonds. The molecule has 2 unspecified atom stereocenters. The summed E-state index contributed by atoms with van der Waals surface area (Å²) in [6.45, 7) is 5.46. The maximum Gasteiger partial charge on any atom is 0.239 e. The summed E-state index contributed by atoms with van der Waals surface area (Å²) in [7, 11) is 0. The number of benzene rings is 1. The Bertz CT molecular complexity index is 485. The van der Waals surface area contributed by atoms with Crippen LogP contribution in [0.3, 0.4) is 0 Å². The highest BCUT2D eigenvalue weighted by atomic mass is 79.9. The van der Waals surface area contributed by atoms with Crippen LogP contribution in [-0.4, -0.2) is 22.2 Å². The lowest BCUT2D eigenvalue weighted by Crippen LogP contribution is -2.76. The Kier molecular flexibility index (Phi) is 2.60. The zero-order valence-corrected chi connectivity index (χ0v) is 12.4. The molecular weight excluding hydrogens is 290 g/mol. The second-order valence-corrected chi connectivity index (χ2v) is 6.89. The molecule has 3 heteroatoms. The van der Waals surface area contributed by atoms with Crippen LogP contribution in [0, 0.1) is 5.41 Å². The fourth-order valence-electron chi connectivity index (χ4n) is 3.81. The number of piperidine rings is 1. The summed E-state index contributed by atoms with van der Waals surface area (Å²) in [5.41, 5.74) is 1.20. The maximum atomic E-state index is 12.1. The monoisotopic (exact) mass is 307 g/mol. The highest BCUT2D eigenvalue weighted by Crippen LogP contribution is 2.60. The second kappa shape index (κ2) is 3.83. The van der Waals surface area contributed by atoms with Crippen molar-refractivity contribution in [1.29, 1.82) is 0 Å². The van der Waals surface area contributed by atoms with Crippen molar-refractivity contribution in [3.8, 4) is 0 Å². The number of nitrogens with zero attached hydrogens (tertiary/aromatic N) is 1. The topological polar surface area (TPSA) is 20.3 Å². The number of β-lactam (4-membered cyclic amide) rings is 1. The minimum Gasteiger partial charge on any atom is -0.330 e. The molecule has 2 atom stereocenters. The number of carbonyl (C=O) groups excluding carboxylic acids is 1. The van der Waals surface area contributed by atoms with E-state index in [1.165, 1.54) is 5.56 Å². The van der Waals surface area contributed by atoms with Crippen LogP contribution in [0.2, 0.25) is 0 Å². The molecule has 1 aromatic carbocycles. The van der Waals surface area contributed by atoms with E-state index in [4.69, 9.17) is 0 Å². The van der Waals surface area contributed by atoms with E-state index < -0.39 is 0 Å². The fourth-order valence-corrected chi connectivity index (χ4v) is 5.19. The number of halogens is 1. The predicted octanol–water partition coefficient (Wildman–Crippen LogP) is 3.31. The van der Waals surface area contributed by atoms with Gasteiger partial charge in [-0.25, -0.2) is 0 Å². The quantitative estimate of drug-likeness (QED) is 0.576. The van der Waals surface area contributed by atoms with Gasteiger partial charge in [0, 0.05) is 6.54 Å². The molecule has 2 aliphatic rings. The van der Waals surface area contributed by atoms with Crippen LogP contribution in [0.25, 0.3) is 0 Å². The van der Waals surface area contributed by atoms with Gasteiger partial charge in [-0.05, 0) is 23.8 Å². The van der Waals surface area contributed by atoms with E-state index >= 15 is 0 Å². The summed E-state index contributed by atoms with van der Waals surface area (Å²) in [5.74, 6) is 0.242. The number of carbonyl (C=O) groups is 1. The lowest BCUT2D eigenvalue weighted by Gasteiger charge is -2.66. The molecule has 0 spiro atoms. The number of amides is 1. The van der Waals surface area contributed by atoms with E-state index in [2.05, 4.69) is 58.9 Å². The van der Waals surface area contributed by atoms with E-state index in [0.29, 0.717) is 0 Å². The van der Waals surface area contributed by atoms with Crippen molar-refractivity contribution < 1.29 is 4.79 Å². The van der Waals surface area contributed by atoms with Gasteiger partial charge in [-0.15, -0.1) is 0 Å². The Labute approximate surface area is 116 Å². The molecule has 2 saturated heterocycles. The van der Waals surface area contributed by atoms with Crippen molar-refractivity contribution in [3.05, 3.63) is 35.9 Å². The highest BCUT2D eigenvalue weighted by Gasteiger charge is 2.67. The van der Waals surface area contributed by atoms with Gasteiger partial charge in [-0.2, -0.15) is 0 Å². The minimum atomic E-state index is -0.163. The standard InChI is InChI=1S/C15H18BrNO/c1-14(2)9-6-10-17-13(18)12(16)15(14,17)11-7-4-3-5-8-11/h3-5,7-8,12H,6,9-10H2,1-2H3. The highest BCUT2D eigenvalue weighted by molar-refractivity contribution is 9.10. The van der Waals surface area contributed by atoms with Crippen LogP contribution in [-0.2, 0) is 10.3 Å². The molecule has 2 fully saturated rings. The second-order valence-electron chi connectivity index (χ2n) is 5.97. The molecule has 0 radical (unpaired) electrons. The third-order valence-corrected chi connectivity index (χ3v) is 5.76.